The van der Waals surface area contributed by atoms with Crippen molar-refractivity contribution in [3.05, 3.63) is 54.3 Å². The van der Waals surface area contributed by atoms with E-state index in [0.29, 0.717) is 12.4 Å². The largest absolute Gasteiger partial charge is 0.494 e. The van der Waals surface area contributed by atoms with Gasteiger partial charge >= 0.3 is 0 Å². The fraction of sp³-hybridized carbons (Fsp3) is 0.435. The van der Waals surface area contributed by atoms with Gasteiger partial charge in [0, 0.05) is 6.04 Å². The molecule has 2 rings (SSSR count). The third kappa shape index (κ3) is 6.43. The number of hydrogen-bond donors (Lipinski definition) is 1. The minimum atomic E-state index is -4.08. The molecule has 0 heterocycles. The van der Waals surface area contributed by atoms with Gasteiger partial charge < -0.3 is 10.1 Å². The van der Waals surface area contributed by atoms with Crippen molar-refractivity contribution in [3.8, 4) is 5.75 Å². The summed E-state index contributed by atoms with van der Waals surface area (Å²) >= 11 is 0. The summed E-state index contributed by atoms with van der Waals surface area (Å²) in [5, 5.41) is 2.94. The summed E-state index contributed by atoms with van der Waals surface area (Å²) in [5.41, 5.74) is 0.205. The minimum absolute atomic E-state index is 0.0114. The first kappa shape index (κ1) is 24.7. The van der Waals surface area contributed by atoms with Gasteiger partial charge in [-0.05, 0) is 67.3 Å². The third-order valence-electron chi connectivity index (χ3n) is 4.89. The van der Waals surface area contributed by atoms with Crippen molar-refractivity contribution in [2.45, 2.75) is 45.6 Å². The van der Waals surface area contributed by atoms with Crippen molar-refractivity contribution in [2.75, 3.05) is 17.5 Å². The highest BCUT2D eigenvalue weighted by Crippen LogP contribution is 2.25. The zero-order valence-electron chi connectivity index (χ0n) is 18.6. The van der Waals surface area contributed by atoms with Crippen LogP contribution in [0.3, 0.4) is 0 Å². The number of anilines is 1. The number of carbonyl (C=O) groups excluding carboxylic acids is 1. The van der Waals surface area contributed by atoms with E-state index in [0.717, 1.165) is 4.31 Å². The molecule has 0 saturated heterocycles. The van der Waals surface area contributed by atoms with E-state index in [4.69, 9.17) is 4.74 Å². The van der Waals surface area contributed by atoms with Gasteiger partial charge in [-0.25, -0.2) is 12.8 Å². The zero-order chi connectivity index (χ0) is 23.2. The van der Waals surface area contributed by atoms with Crippen molar-refractivity contribution in [1.29, 1.82) is 0 Å². The highest BCUT2D eigenvalue weighted by molar-refractivity contribution is 7.92. The summed E-state index contributed by atoms with van der Waals surface area (Å²) in [6, 6.07) is 10.9. The van der Waals surface area contributed by atoms with E-state index in [1.807, 2.05) is 34.6 Å². The molecule has 0 fully saturated rings. The minimum Gasteiger partial charge on any atom is -0.494 e. The molecule has 0 radical (unpaired) electrons. The summed E-state index contributed by atoms with van der Waals surface area (Å²) in [6.45, 7) is 9.87. The van der Waals surface area contributed by atoms with Crippen molar-refractivity contribution >= 4 is 21.6 Å². The molecule has 0 aliphatic rings. The first-order chi connectivity index (χ1) is 14.6. The molecule has 0 unspecified atom stereocenters. The van der Waals surface area contributed by atoms with Crippen LogP contribution in [0.4, 0.5) is 10.1 Å². The van der Waals surface area contributed by atoms with Gasteiger partial charge in [0.15, 0.2) is 0 Å². The van der Waals surface area contributed by atoms with Crippen LogP contribution in [0, 0.1) is 17.7 Å². The van der Waals surface area contributed by atoms with Gasteiger partial charge in [0.2, 0.25) is 5.91 Å². The summed E-state index contributed by atoms with van der Waals surface area (Å²) in [5.74, 6) is -0.00126. The maximum absolute atomic E-state index is 13.4. The molecule has 0 aromatic heterocycles. The van der Waals surface area contributed by atoms with Gasteiger partial charge in [0.1, 0.15) is 18.1 Å². The van der Waals surface area contributed by atoms with Gasteiger partial charge in [-0.3, -0.25) is 9.10 Å². The number of amides is 1. The number of nitrogens with zero attached hydrogens (tertiary/aromatic N) is 1. The quantitative estimate of drug-likeness (QED) is 0.588. The number of ether oxygens (including phenoxy) is 1. The molecule has 8 heteroatoms. The number of rotatable bonds is 10. The van der Waals surface area contributed by atoms with E-state index >= 15 is 0 Å². The van der Waals surface area contributed by atoms with Crippen molar-refractivity contribution < 1.29 is 22.3 Å². The second-order valence-electron chi connectivity index (χ2n) is 7.97. The van der Waals surface area contributed by atoms with Crippen molar-refractivity contribution in [1.82, 2.24) is 5.32 Å². The lowest BCUT2D eigenvalue weighted by Crippen LogP contribution is -2.47. The summed E-state index contributed by atoms with van der Waals surface area (Å²) in [7, 11) is -4.08. The Kier molecular flexibility index (Phi) is 8.44. The molecule has 0 saturated carbocycles. The lowest BCUT2D eigenvalue weighted by atomic mass is 9.93. The van der Waals surface area contributed by atoms with Crippen LogP contribution in [-0.4, -0.2) is 33.5 Å². The van der Waals surface area contributed by atoms with Crippen LogP contribution in [0.15, 0.2) is 53.4 Å². The van der Waals surface area contributed by atoms with Crippen LogP contribution in [0.1, 0.15) is 34.6 Å². The molecular formula is C23H31FN2O4S. The predicted molar refractivity (Wildman–Crippen MR) is 120 cm³/mol. The van der Waals surface area contributed by atoms with Gasteiger partial charge in [-0.15, -0.1) is 0 Å². The number of benzene rings is 2. The average molecular weight is 451 g/mol. The van der Waals surface area contributed by atoms with E-state index < -0.39 is 28.3 Å². The molecular weight excluding hydrogens is 419 g/mol. The van der Waals surface area contributed by atoms with Gasteiger partial charge in [0.05, 0.1) is 17.2 Å². The molecule has 0 aliphatic carbocycles. The Hall–Kier alpha value is -2.61. The highest BCUT2D eigenvalue weighted by atomic mass is 32.2. The van der Waals surface area contributed by atoms with Crippen molar-refractivity contribution in [3.63, 3.8) is 0 Å². The standard InChI is InChI=1S/C23H31FN2O4S/c1-6-30-20-11-13-21(14-12-20)31(28,29)26(19-9-7-18(24)8-10-19)15-22(27)25-23(16(2)3)17(4)5/h7-14,16-17,23H,6,15H2,1-5H3,(H,25,27). The maximum Gasteiger partial charge on any atom is 0.264 e. The second kappa shape index (κ2) is 10.6. The second-order valence-corrected chi connectivity index (χ2v) is 9.84. The molecule has 0 bridgehead atoms. The smallest absolute Gasteiger partial charge is 0.264 e. The summed E-state index contributed by atoms with van der Waals surface area (Å²) < 4.78 is 46.6. The molecule has 6 nitrogen and oxygen atoms in total. The fourth-order valence-electron chi connectivity index (χ4n) is 3.39. The lowest BCUT2D eigenvalue weighted by Gasteiger charge is -2.29. The molecule has 1 amide bonds. The third-order valence-corrected chi connectivity index (χ3v) is 6.68. The molecule has 170 valence electrons. The zero-order valence-corrected chi connectivity index (χ0v) is 19.4. The summed E-state index contributed by atoms with van der Waals surface area (Å²) in [6.07, 6.45) is 0. The van der Waals surface area contributed by atoms with Gasteiger partial charge in [-0.1, -0.05) is 27.7 Å². The number of hydrogen-bond acceptors (Lipinski definition) is 4. The molecule has 1 N–H and O–H groups in total. The Morgan fingerprint density at radius 2 is 1.55 bits per heavy atom. The molecule has 2 aromatic carbocycles. The predicted octanol–water partition coefficient (Wildman–Crippen LogP) is 4.22. The fourth-order valence-corrected chi connectivity index (χ4v) is 4.81. The van der Waals surface area contributed by atoms with E-state index in [2.05, 4.69) is 5.32 Å². The highest BCUT2D eigenvalue weighted by Gasteiger charge is 2.29. The normalized spacial score (nSPS) is 11.8. The van der Waals surface area contributed by atoms with Crippen LogP contribution in [0.25, 0.3) is 0 Å². The van der Waals surface area contributed by atoms with Crippen LogP contribution in [-0.2, 0) is 14.8 Å². The number of carbonyl (C=O) groups is 1. The van der Waals surface area contributed by atoms with E-state index in [-0.39, 0.29) is 28.5 Å². The van der Waals surface area contributed by atoms with Crippen LogP contribution in [0.5, 0.6) is 5.75 Å². The SMILES string of the molecule is CCOc1ccc(S(=O)(=O)N(CC(=O)NC(C(C)C)C(C)C)c2ccc(F)cc2)cc1. The Bertz CT molecular complexity index is 950. The van der Waals surface area contributed by atoms with Crippen molar-refractivity contribution in [2.24, 2.45) is 11.8 Å². The molecule has 2 aromatic rings. The molecule has 0 atom stereocenters. The number of sulfonamides is 1. The van der Waals surface area contributed by atoms with E-state index in [9.17, 15) is 17.6 Å². The molecule has 0 aliphatic heterocycles. The first-order valence-corrected chi connectivity index (χ1v) is 11.8. The van der Waals surface area contributed by atoms with Gasteiger partial charge in [0.25, 0.3) is 10.0 Å². The Labute approximate surface area is 184 Å². The van der Waals surface area contributed by atoms with E-state index in [1.54, 1.807) is 12.1 Å². The molecule has 31 heavy (non-hydrogen) atoms. The monoisotopic (exact) mass is 450 g/mol. The maximum atomic E-state index is 13.4. The van der Waals surface area contributed by atoms with Crippen LogP contribution < -0.4 is 14.4 Å². The van der Waals surface area contributed by atoms with E-state index in [1.165, 1.54) is 36.4 Å². The number of nitrogens with one attached hydrogen (secondary N) is 1. The van der Waals surface area contributed by atoms with Crippen LogP contribution in [0.2, 0.25) is 0 Å². The van der Waals surface area contributed by atoms with Crippen LogP contribution >= 0.6 is 0 Å². The average Bonchev–Trinajstić information content (AvgIpc) is 2.71. The van der Waals surface area contributed by atoms with Gasteiger partial charge in [-0.2, -0.15) is 0 Å². The Morgan fingerprint density at radius 1 is 1.00 bits per heavy atom. The Balaban J connectivity index is 2.38. The topological polar surface area (TPSA) is 75.7 Å². The Morgan fingerprint density at radius 3 is 2.03 bits per heavy atom. The lowest BCUT2D eigenvalue weighted by molar-refractivity contribution is -0.121. The summed E-state index contributed by atoms with van der Waals surface area (Å²) in [4.78, 5) is 12.8. The first-order valence-electron chi connectivity index (χ1n) is 10.4. The molecule has 0 spiro atoms. The number of halogens is 1.